The van der Waals surface area contributed by atoms with Gasteiger partial charge in [-0.1, -0.05) is 49.4 Å². The SMILES string of the molecule is CCC[C@H]1CC[C@@H](C/C(=N/O)Nc2ccc(Cl)cc2)CC1. The van der Waals surface area contributed by atoms with Crippen LogP contribution in [0.2, 0.25) is 5.02 Å². The maximum Gasteiger partial charge on any atom is 0.146 e. The predicted octanol–water partition coefficient (Wildman–Crippen LogP) is 5.54. The number of nitrogens with one attached hydrogen (secondary N) is 1. The molecule has 2 rings (SSSR count). The molecule has 0 spiro atoms. The molecule has 2 N–H and O–H groups in total. The van der Waals surface area contributed by atoms with Crippen molar-refractivity contribution < 1.29 is 5.21 Å². The van der Waals surface area contributed by atoms with Crippen LogP contribution >= 0.6 is 11.6 Å². The van der Waals surface area contributed by atoms with Gasteiger partial charge < -0.3 is 10.5 Å². The highest BCUT2D eigenvalue weighted by Gasteiger charge is 2.22. The quantitative estimate of drug-likeness (QED) is 0.325. The van der Waals surface area contributed by atoms with Gasteiger partial charge in [-0.25, -0.2) is 0 Å². The smallest absolute Gasteiger partial charge is 0.146 e. The van der Waals surface area contributed by atoms with Gasteiger partial charge in [-0.2, -0.15) is 0 Å². The van der Waals surface area contributed by atoms with Gasteiger partial charge in [0.2, 0.25) is 0 Å². The molecule has 0 aliphatic heterocycles. The van der Waals surface area contributed by atoms with Gasteiger partial charge in [0, 0.05) is 17.1 Å². The van der Waals surface area contributed by atoms with E-state index in [1.165, 1.54) is 38.5 Å². The fraction of sp³-hybridized carbons (Fsp3) is 0.588. The van der Waals surface area contributed by atoms with Crippen molar-refractivity contribution in [3.63, 3.8) is 0 Å². The Balaban J connectivity index is 1.82. The Bertz CT molecular complexity index is 450. The summed E-state index contributed by atoms with van der Waals surface area (Å²) in [4.78, 5) is 0. The molecule has 1 fully saturated rings. The third-order valence-electron chi connectivity index (χ3n) is 4.40. The molecular weight excluding hydrogens is 284 g/mol. The monoisotopic (exact) mass is 308 g/mol. The fourth-order valence-electron chi connectivity index (χ4n) is 3.22. The van der Waals surface area contributed by atoms with Crippen molar-refractivity contribution in [2.24, 2.45) is 17.0 Å². The molecule has 3 nitrogen and oxygen atoms in total. The number of halogens is 1. The lowest BCUT2D eigenvalue weighted by atomic mass is 9.78. The van der Waals surface area contributed by atoms with Crippen molar-refractivity contribution in [2.45, 2.75) is 51.9 Å². The second kappa shape index (κ2) is 8.28. The van der Waals surface area contributed by atoms with Crippen molar-refractivity contribution in [3.05, 3.63) is 29.3 Å². The number of benzene rings is 1. The topological polar surface area (TPSA) is 44.6 Å². The molecule has 0 heterocycles. The average molecular weight is 309 g/mol. The van der Waals surface area contributed by atoms with Crippen LogP contribution in [-0.2, 0) is 0 Å². The maximum atomic E-state index is 9.21. The molecule has 1 aromatic carbocycles. The molecule has 1 aliphatic carbocycles. The van der Waals surface area contributed by atoms with Crippen molar-refractivity contribution in [1.29, 1.82) is 0 Å². The molecule has 1 aromatic rings. The van der Waals surface area contributed by atoms with E-state index in [1.807, 2.05) is 24.3 Å². The Morgan fingerprint density at radius 3 is 2.38 bits per heavy atom. The first-order chi connectivity index (χ1) is 10.2. The molecule has 4 heteroatoms. The summed E-state index contributed by atoms with van der Waals surface area (Å²) >= 11 is 5.87. The molecule has 0 aromatic heterocycles. The molecule has 0 saturated heterocycles. The lowest BCUT2D eigenvalue weighted by molar-refractivity contribution is 0.263. The molecule has 116 valence electrons. The van der Waals surface area contributed by atoms with Gasteiger partial charge in [-0.05, 0) is 48.9 Å². The van der Waals surface area contributed by atoms with Crippen LogP contribution in [0.1, 0.15) is 51.9 Å². The van der Waals surface area contributed by atoms with Gasteiger partial charge in [-0.15, -0.1) is 0 Å². The second-order valence-electron chi connectivity index (χ2n) is 6.06. The highest BCUT2D eigenvalue weighted by Crippen LogP contribution is 2.33. The molecule has 21 heavy (non-hydrogen) atoms. The van der Waals surface area contributed by atoms with E-state index >= 15 is 0 Å². The Kier molecular flexibility index (Phi) is 6.37. The number of nitrogens with zero attached hydrogens (tertiary/aromatic N) is 1. The minimum absolute atomic E-state index is 0.629. The minimum Gasteiger partial charge on any atom is -0.409 e. The average Bonchev–Trinajstić information content (AvgIpc) is 2.51. The van der Waals surface area contributed by atoms with Crippen LogP contribution in [0, 0.1) is 11.8 Å². The van der Waals surface area contributed by atoms with E-state index in [9.17, 15) is 5.21 Å². The first-order valence-electron chi connectivity index (χ1n) is 7.94. The Morgan fingerprint density at radius 1 is 1.19 bits per heavy atom. The van der Waals surface area contributed by atoms with E-state index in [0.717, 1.165) is 18.0 Å². The predicted molar refractivity (Wildman–Crippen MR) is 89.3 cm³/mol. The fourth-order valence-corrected chi connectivity index (χ4v) is 3.35. The van der Waals surface area contributed by atoms with E-state index in [0.29, 0.717) is 16.8 Å². The molecule has 0 unspecified atom stereocenters. The summed E-state index contributed by atoms with van der Waals surface area (Å²) in [5, 5.41) is 16.5. The first kappa shape index (κ1) is 16.2. The molecule has 0 atom stereocenters. The summed E-state index contributed by atoms with van der Waals surface area (Å²) < 4.78 is 0. The van der Waals surface area contributed by atoms with E-state index < -0.39 is 0 Å². The van der Waals surface area contributed by atoms with Gasteiger partial charge in [-0.3, -0.25) is 0 Å². The van der Waals surface area contributed by atoms with Crippen LogP contribution in [0.5, 0.6) is 0 Å². The zero-order valence-electron chi connectivity index (χ0n) is 12.7. The van der Waals surface area contributed by atoms with Gasteiger partial charge in [0.05, 0.1) is 0 Å². The van der Waals surface area contributed by atoms with E-state index in [2.05, 4.69) is 17.4 Å². The zero-order chi connectivity index (χ0) is 15.1. The van der Waals surface area contributed by atoms with Gasteiger partial charge in [0.15, 0.2) is 0 Å². The third-order valence-corrected chi connectivity index (χ3v) is 4.65. The van der Waals surface area contributed by atoms with Crippen molar-refractivity contribution in [2.75, 3.05) is 5.32 Å². The highest BCUT2D eigenvalue weighted by atomic mass is 35.5. The number of amidine groups is 1. The van der Waals surface area contributed by atoms with Crippen LogP contribution in [-0.4, -0.2) is 11.0 Å². The summed E-state index contributed by atoms with van der Waals surface area (Å²) in [6.07, 6.45) is 8.58. The number of hydrogen-bond donors (Lipinski definition) is 2. The van der Waals surface area contributed by atoms with E-state index in [1.54, 1.807) is 0 Å². The second-order valence-corrected chi connectivity index (χ2v) is 6.49. The minimum atomic E-state index is 0.629. The molecule has 0 amide bonds. The van der Waals surface area contributed by atoms with E-state index in [-0.39, 0.29) is 0 Å². The number of rotatable bonds is 5. The zero-order valence-corrected chi connectivity index (χ0v) is 13.4. The van der Waals surface area contributed by atoms with Crippen LogP contribution in [0.25, 0.3) is 0 Å². The van der Waals surface area contributed by atoms with Gasteiger partial charge in [0.1, 0.15) is 5.84 Å². The molecular formula is C17H25ClN2O. The maximum absolute atomic E-state index is 9.21. The Morgan fingerprint density at radius 2 is 1.81 bits per heavy atom. The normalized spacial score (nSPS) is 23.0. The number of hydrogen-bond acceptors (Lipinski definition) is 2. The molecule has 0 bridgehead atoms. The van der Waals surface area contributed by atoms with E-state index in [4.69, 9.17) is 11.6 Å². The standard InChI is InChI=1S/C17H25ClN2O/c1-2-3-13-4-6-14(7-5-13)12-17(20-21)19-16-10-8-15(18)9-11-16/h8-11,13-14,21H,2-7,12H2,1H3,(H,19,20)/t13-,14+. The lowest BCUT2D eigenvalue weighted by Gasteiger charge is -2.28. The summed E-state index contributed by atoms with van der Waals surface area (Å²) in [5.41, 5.74) is 0.909. The lowest BCUT2D eigenvalue weighted by Crippen LogP contribution is -2.21. The van der Waals surface area contributed by atoms with Crippen molar-refractivity contribution in [3.8, 4) is 0 Å². The third kappa shape index (κ3) is 5.24. The molecule has 0 radical (unpaired) electrons. The summed E-state index contributed by atoms with van der Waals surface area (Å²) in [7, 11) is 0. The van der Waals surface area contributed by atoms with Crippen LogP contribution in [0.3, 0.4) is 0 Å². The Labute approximate surface area is 132 Å². The number of anilines is 1. The van der Waals surface area contributed by atoms with Crippen LogP contribution < -0.4 is 5.32 Å². The van der Waals surface area contributed by atoms with Crippen LogP contribution in [0.4, 0.5) is 5.69 Å². The molecule has 1 aliphatic rings. The molecule has 1 saturated carbocycles. The van der Waals surface area contributed by atoms with Crippen molar-refractivity contribution >= 4 is 23.1 Å². The largest absolute Gasteiger partial charge is 0.409 e. The first-order valence-corrected chi connectivity index (χ1v) is 8.32. The van der Waals surface area contributed by atoms with Crippen LogP contribution in [0.15, 0.2) is 29.4 Å². The van der Waals surface area contributed by atoms with Gasteiger partial charge >= 0.3 is 0 Å². The summed E-state index contributed by atoms with van der Waals surface area (Å²) in [6.45, 7) is 2.26. The number of oxime groups is 1. The summed E-state index contributed by atoms with van der Waals surface area (Å²) in [6, 6.07) is 7.45. The van der Waals surface area contributed by atoms with Gasteiger partial charge in [0.25, 0.3) is 0 Å². The highest BCUT2D eigenvalue weighted by molar-refractivity contribution is 6.30. The van der Waals surface area contributed by atoms with Crippen molar-refractivity contribution in [1.82, 2.24) is 0 Å². The Hall–Kier alpha value is -1.22. The summed E-state index contributed by atoms with van der Waals surface area (Å²) in [5.74, 6) is 2.19.